The standard InChI is InChI=1S/C25H31N3O2.ClH/c1-19(21-8-3-2-4-9-21)25(30)28-16-6-10-22-17-27(18-23(22)28)24(29)11-5-7-20-12-14-26-15-13-20;/h2-4,8-9,12-15,19,22-23H,5-7,10-11,16-18H2,1H3;1H/t19?,22-,23+;/m0./s1. The van der Waals surface area contributed by atoms with Gasteiger partial charge in [-0.1, -0.05) is 30.3 Å². The molecule has 3 heterocycles. The first-order valence-corrected chi connectivity index (χ1v) is 11.2. The summed E-state index contributed by atoms with van der Waals surface area (Å²) in [5, 5.41) is 0. The molecule has 0 spiro atoms. The number of aryl methyl sites for hydroxylation is 1. The van der Waals surface area contributed by atoms with E-state index in [2.05, 4.69) is 9.88 Å². The average molecular weight is 442 g/mol. The fraction of sp³-hybridized carbons (Fsp3) is 0.480. The molecule has 4 rings (SSSR count). The van der Waals surface area contributed by atoms with Gasteiger partial charge >= 0.3 is 0 Å². The number of benzene rings is 1. The van der Waals surface area contributed by atoms with Gasteiger partial charge in [0.05, 0.1) is 12.0 Å². The summed E-state index contributed by atoms with van der Waals surface area (Å²) in [5.74, 6) is 0.690. The number of aromatic nitrogens is 1. The number of rotatable bonds is 6. The number of piperidine rings is 1. The summed E-state index contributed by atoms with van der Waals surface area (Å²) in [4.78, 5) is 34.2. The number of likely N-dealkylation sites (tertiary alicyclic amines) is 2. The van der Waals surface area contributed by atoms with E-state index in [9.17, 15) is 9.59 Å². The van der Waals surface area contributed by atoms with E-state index in [1.807, 2.05) is 54.3 Å². The number of carbonyl (C=O) groups excluding carboxylic acids is 2. The molecule has 0 N–H and O–H groups in total. The van der Waals surface area contributed by atoms with E-state index in [-0.39, 0.29) is 36.2 Å². The third-order valence-corrected chi connectivity index (χ3v) is 6.69. The summed E-state index contributed by atoms with van der Waals surface area (Å²) < 4.78 is 0. The van der Waals surface area contributed by atoms with Gasteiger partial charge in [-0.05, 0) is 61.8 Å². The lowest BCUT2D eigenvalue weighted by molar-refractivity contribution is -0.137. The third kappa shape index (κ3) is 5.45. The van der Waals surface area contributed by atoms with Crippen LogP contribution in [0.25, 0.3) is 0 Å². The molecule has 166 valence electrons. The van der Waals surface area contributed by atoms with Gasteiger partial charge in [-0.25, -0.2) is 0 Å². The van der Waals surface area contributed by atoms with Crippen molar-refractivity contribution in [3.05, 3.63) is 66.0 Å². The molecule has 1 aromatic heterocycles. The maximum atomic E-state index is 13.3. The molecular formula is C25H32ClN3O2. The van der Waals surface area contributed by atoms with Crippen molar-refractivity contribution in [2.75, 3.05) is 19.6 Å². The van der Waals surface area contributed by atoms with Crippen LogP contribution >= 0.6 is 12.4 Å². The van der Waals surface area contributed by atoms with Gasteiger partial charge in [0.25, 0.3) is 0 Å². The third-order valence-electron chi connectivity index (χ3n) is 6.69. The number of fused-ring (bicyclic) bond motifs is 1. The Balaban J connectivity index is 0.00000272. The van der Waals surface area contributed by atoms with Gasteiger partial charge in [0.15, 0.2) is 0 Å². The van der Waals surface area contributed by atoms with Gasteiger partial charge in [0.2, 0.25) is 11.8 Å². The molecule has 2 saturated heterocycles. The van der Waals surface area contributed by atoms with E-state index in [1.54, 1.807) is 12.4 Å². The van der Waals surface area contributed by atoms with E-state index in [0.29, 0.717) is 18.9 Å². The van der Waals surface area contributed by atoms with Crippen LogP contribution in [-0.4, -0.2) is 52.3 Å². The molecule has 2 aliphatic rings. The van der Waals surface area contributed by atoms with Crippen LogP contribution in [0.1, 0.15) is 49.7 Å². The molecule has 2 amide bonds. The second kappa shape index (κ2) is 10.8. The minimum absolute atomic E-state index is 0. The Morgan fingerprint density at radius 3 is 2.58 bits per heavy atom. The molecule has 0 saturated carbocycles. The van der Waals surface area contributed by atoms with Crippen LogP contribution in [0.2, 0.25) is 0 Å². The van der Waals surface area contributed by atoms with Crippen molar-refractivity contribution in [2.45, 2.75) is 51.0 Å². The number of pyridine rings is 1. The first-order valence-electron chi connectivity index (χ1n) is 11.2. The van der Waals surface area contributed by atoms with Crippen LogP contribution in [0.5, 0.6) is 0 Å². The van der Waals surface area contributed by atoms with Crippen LogP contribution in [0.3, 0.4) is 0 Å². The molecule has 2 aliphatic heterocycles. The maximum Gasteiger partial charge on any atom is 0.230 e. The van der Waals surface area contributed by atoms with Gasteiger partial charge in [0.1, 0.15) is 0 Å². The largest absolute Gasteiger partial charge is 0.340 e. The Morgan fingerprint density at radius 1 is 1.10 bits per heavy atom. The van der Waals surface area contributed by atoms with Crippen molar-refractivity contribution in [1.82, 2.24) is 14.8 Å². The van der Waals surface area contributed by atoms with Crippen molar-refractivity contribution in [3.63, 3.8) is 0 Å². The average Bonchev–Trinajstić information content (AvgIpc) is 3.24. The predicted molar refractivity (Wildman–Crippen MR) is 124 cm³/mol. The summed E-state index contributed by atoms with van der Waals surface area (Å²) in [7, 11) is 0. The van der Waals surface area contributed by atoms with Crippen molar-refractivity contribution in [3.8, 4) is 0 Å². The van der Waals surface area contributed by atoms with Gasteiger partial charge < -0.3 is 9.80 Å². The Kier molecular flexibility index (Phi) is 8.08. The summed E-state index contributed by atoms with van der Waals surface area (Å²) >= 11 is 0. The lowest BCUT2D eigenvalue weighted by Crippen LogP contribution is -2.49. The first kappa shape index (κ1) is 23.3. The highest BCUT2D eigenvalue weighted by atomic mass is 35.5. The zero-order valence-corrected chi connectivity index (χ0v) is 19.0. The molecule has 2 fully saturated rings. The Hall–Kier alpha value is -2.40. The zero-order chi connectivity index (χ0) is 20.9. The molecule has 2 aromatic rings. The van der Waals surface area contributed by atoms with Gasteiger partial charge in [-0.15, -0.1) is 12.4 Å². The number of amides is 2. The van der Waals surface area contributed by atoms with E-state index in [4.69, 9.17) is 0 Å². The highest BCUT2D eigenvalue weighted by molar-refractivity contribution is 5.85. The highest BCUT2D eigenvalue weighted by Crippen LogP contribution is 2.33. The number of hydrogen-bond acceptors (Lipinski definition) is 3. The maximum absolute atomic E-state index is 13.3. The lowest BCUT2D eigenvalue weighted by atomic mass is 9.90. The fourth-order valence-electron chi connectivity index (χ4n) is 4.94. The minimum Gasteiger partial charge on any atom is -0.340 e. The SMILES string of the molecule is CC(C(=O)N1CCC[C@H]2CN(C(=O)CCCc3ccncc3)C[C@H]21)c1ccccc1.Cl. The van der Waals surface area contributed by atoms with Crippen molar-refractivity contribution < 1.29 is 9.59 Å². The van der Waals surface area contributed by atoms with Gasteiger partial charge in [-0.3, -0.25) is 14.6 Å². The molecule has 0 radical (unpaired) electrons. The number of hydrogen-bond donors (Lipinski definition) is 0. The highest BCUT2D eigenvalue weighted by Gasteiger charge is 2.43. The topological polar surface area (TPSA) is 53.5 Å². The monoisotopic (exact) mass is 441 g/mol. The number of nitrogens with zero attached hydrogens (tertiary/aromatic N) is 3. The first-order chi connectivity index (χ1) is 14.6. The van der Waals surface area contributed by atoms with Gasteiger partial charge in [-0.2, -0.15) is 0 Å². The van der Waals surface area contributed by atoms with Crippen LogP contribution in [0.4, 0.5) is 0 Å². The summed E-state index contributed by atoms with van der Waals surface area (Å²) in [5.41, 5.74) is 2.28. The molecule has 1 unspecified atom stereocenters. The van der Waals surface area contributed by atoms with Crippen molar-refractivity contribution in [1.29, 1.82) is 0 Å². The molecule has 31 heavy (non-hydrogen) atoms. The van der Waals surface area contributed by atoms with Crippen molar-refractivity contribution in [2.24, 2.45) is 5.92 Å². The Bertz CT molecular complexity index is 862. The smallest absolute Gasteiger partial charge is 0.230 e. The second-order valence-electron chi connectivity index (χ2n) is 8.64. The van der Waals surface area contributed by atoms with Crippen LogP contribution in [0, 0.1) is 5.92 Å². The predicted octanol–water partition coefficient (Wildman–Crippen LogP) is 4.08. The van der Waals surface area contributed by atoms with Crippen molar-refractivity contribution >= 4 is 24.2 Å². The second-order valence-corrected chi connectivity index (χ2v) is 8.64. The Labute approximate surface area is 191 Å². The van der Waals surface area contributed by atoms with Gasteiger partial charge in [0, 0.05) is 38.4 Å². The van der Waals surface area contributed by atoms with Crippen LogP contribution in [-0.2, 0) is 16.0 Å². The fourth-order valence-corrected chi connectivity index (χ4v) is 4.94. The van der Waals surface area contributed by atoms with E-state index < -0.39 is 0 Å². The minimum atomic E-state index is -0.143. The number of carbonyl (C=O) groups is 2. The molecular weight excluding hydrogens is 410 g/mol. The molecule has 0 bridgehead atoms. The van der Waals surface area contributed by atoms with E-state index in [1.165, 1.54) is 5.56 Å². The van der Waals surface area contributed by atoms with E-state index in [0.717, 1.165) is 44.3 Å². The van der Waals surface area contributed by atoms with E-state index >= 15 is 0 Å². The molecule has 1 aromatic carbocycles. The number of halogens is 1. The molecule has 0 aliphatic carbocycles. The quantitative estimate of drug-likeness (QED) is 0.678. The summed E-state index contributed by atoms with van der Waals surface area (Å²) in [6.07, 6.45) is 8.04. The molecule has 3 atom stereocenters. The zero-order valence-electron chi connectivity index (χ0n) is 18.2. The Morgan fingerprint density at radius 2 is 1.84 bits per heavy atom. The lowest BCUT2D eigenvalue weighted by Gasteiger charge is -2.38. The normalized spacial score (nSPS) is 21.2. The summed E-state index contributed by atoms with van der Waals surface area (Å²) in [6, 6.07) is 14.2. The molecule has 6 heteroatoms. The molecule has 5 nitrogen and oxygen atoms in total. The summed E-state index contributed by atoms with van der Waals surface area (Å²) in [6.45, 7) is 4.29. The van der Waals surface area contributed by atoms with Crippen LogP contribution < -0.4 is 0 Å². The van der Waals surface area contributed by atoms with Crippen LogP contribution in [0.15, 0.2) is 54.9 Å².